The summed E-state index contributed by atoms with van der Waals surface area (Å²) in [7, 11) is 0. The number of aromatic nitrogens is 3. The third-order valence-corrected chi connectivity index (χ3v) is 4.59. The number of rotatable bonds is 4. The number of benzene rings is 1. The molecule has 0 N–H and O–H groups in total. The Morgan fingerprint density at radius 2 is 1.81 bits per heavy atom. The maximum absolute atomic E-state index is 12.5. The van der Waals surface area contributed by atoms with Gasteiger partial charge >= 0.3 is 5.97 Å². The predicted molar refractivity (Wildman–Crippen MR) is 96.3 cm³/mol. The van der Waals surface area contributed by atoms with Crippen LogP contribution in [0.1, 0.15) is 47.1 Å². The van der Waals surface area contributed by atoms with Gasteiger partial charge in [-0.1, -0.05) is 17.7 Å². The standard InChI is InChI=1S/C19H24N4O3/c1-12-7-8-16(13(2)11-12)23-20-14(3)17(21-23)19(25)26-15(4)18(24)22-9-5-6-10-22/h7-8,11,15H,5-6,9-10H2,1-4H3/t15-/m0/s1. The molecule has 7 nitrogen and oxygen atoms in total. The molecule has 0 aliphatic carbocycles. The van der Waals surface area contributed by atoms with Crippen LogP contribution in [0, 0.1) is 20.8 Å². The van der Waals surface area contributed by atoms with Crippen molar-refractivity contribution < 1.29 is 14.3 Å². The van der Waals surface area contributed by atoms with Crippen LogP contribution in [0.4, 0.5) is 0 Å². The van der Waals surface area contributed by atoms with Crippen LogP contribution in [0.25, 0.3) is 5.69 Å². The Balaban J connectivity index is 1.75. The van der Waals surface area contributed by atoms with Gasteiger partial charge in [-0.3, -0.25) is 4.79 Å². The van der Waals surface area contributed by atoms with Crippen LogP contribution in [0.3, 0.4) is 0 Å². The van der Waals surface area contributed by atoms with Crippen molar-refractivity contribution in [3.05, 3.63) is 40.7 Å². The summed E-state index contributed by atoms with van der Waals surface area (Å²) < 4.78 is 5.34. The molecule has 1 amide bonds. The highest BCUT2D eigenvalue weighted by atomic mass is 16.5. The predicted octanol–water partition coefficient (Wildman–Crippen LogP) is 2.36. The van der Waals surface area contributed by atoms with E-state index in [0.717, 1.165) is 42.7 Å². The number of amides is 1. The van der Waals surface area contributed by atoms with Gasteiger partial charge in [0.05, 0.1) is 11.4 Å². The van der Waals surface area contributed by atoms with Crippen LogP contribution < -0.4 is 0 Å². The van der Waals surface area contributed by atoms with Crippen molar-refractivity contribution in [3.8, 4) is 5.69 Å². The lowest BCUT2D eigenvalue weighted by atomic mass is 10.1. The minimum Gasteiger partial charge on any atom is -0.448 e. The van der Waals surface area contributed by atoms with Crippen molar-refractivity contribution in [1.82, 2.24) is 19.9 Å². The third-order valence-electron chi connectivity index (χ3n) is 4.59. The van der Waals surface area contributed by atoms with Gasteiger partial charge in [0.2, 0.25) is 0 Å². The number of esters is 1. The van der Waals surface area contributed by atoms with Crippen molar-refractivity contribution in [3.63, 3.8) is 0 Å². The lowest BCUT2D eigenvalue weighted by Crippen LogP contribution is -2.38. The molecule has 138 valence electrons. The zero-order valence-corrected chi connectivity index (χ0v) is 15.7. The number of nitrogens with zero attached hydrogens (tertiary/aromatic N) is 4. The molecule has 2 aromatic rings. The summed E-state index contributed by atoms with van der Waals surface area (Å²) in [4.78, 5) is 27.9. The van der Waals surface area contributed by atoms with E-state index >= 15 is 0 Å². The van der Waals surface area contributed by atoms with Gasteiger partial charge in [0.15, 0.2) is 11.8 Å². The van der Waals surface area contributed by atoms with Crippen LogP contribution in [0.5, 0.6) is 0 Å². The summed E-state index contributed by atoms with van der Waals surface area (Å²) in [5.74, 6) is -0.783. The summed E-state index contributed by atoms with van der Waals surface area (Å²) in [6.07, 6.45) is 1.16. The molecule has 1 saturated heterocycles. The summed E-state index contributed by atoms with van der Waals surface area (Å²) in [5, 5.41) is 8.62. The van der Waals surface area contributed by atoms with Crippen LogP contribution in [0.15, 0.2) is 18.2 Å². The van der Waals surface area contributed by atoms with Crippen LogP contribution in [-0.2, 0) is 9.53 Å². The van der Waals surface area contributed by atoms with E-state index in [1.165, 1.54) is 4.80 Å². The Kier molecular flexibility index (Phi) is 5.06. The highest BCUT2D eigenvalue weighted by Gasteiger charge is 2.28. The quantitative estimate of drug-likeness (QED) is 0.786. The molecule has 26 heavy (non-hydrogen) atoms. The minimum absolute atomic E-state index is 0.131. The van der Waals surface area contributed by atoms with Crippen molar-refractivity contribution in [1.29, 1.82) is 0 Å². The van der Waals surface area contributed by atoms with Crippen molar-refractivity contribution >= 4 is 11.9 Å². The van der Waals surface area contributed by atoms with Gasteiger partial charge in [-0.15, -0.1) is 5.10 Å². The molecule has 1 aliphatic heterocycles. The van der Waals surface area contributed by atoms with Gasteiger partial charge in [-0.05, 0) is 52.2 Å². The van der Waals surface area contributed by atoms with Crippen LogP contribution >= 0.6 is 0 Å². The lowest BCUT2D eigenvalue weighted by Gasteiger charge is -2.20. The molecule has 0 saturated carbocycles. The second-order valence-electron chi connectivity index (χ2n) is 6.79. The SMILES string of the molecule is Cc1ccc(-n2nc(C)c(C(=O)O[C@@H](C)C(=O)N3CCCC3)n2)c(C)c1. The van der Waals surface area contributed by atoms with E-state index in [1.54, 1.807) is 18.7 Å². The molecule has 1 fully saturated rings. The average Bonchev–Trinajstić information content (AvgIpc) is 3.23. The maximum atomic E-state index is 12.5. The van der Waals surface area contributed by atoms with E-state index in [9.17, 15) is 9.59 Å². The van der Waals surface area contributed by atoms with Gasteiger partial charge in [-0.25, -0.2) is 4.79 Å². The molecule has 1 atom stereocenters. The molecule has 1 aliphatic rings. The van der Waals surface area contributed by atoms with Gasteiger partial charge in [-0.2, -0.15) is 9.90 Å². The Morgan fingerprint density at radius 1 is 1.12 bits per heavy atom. The summed E-state index contributed by atoms with van der Waals surface area (Å²) >= 11 is 0. The Labute approximate surface area is 152 Å². The monoisotopic (exact) mass is 356 g/mol. The fourth-order valence-corrected chi connectivity index (χ4v) is 3.17. The zero-order valence-electron chi connectivity index (χ0n) is 15.7. The van der Waals surface area contributed by atoms with Gasteiger partial charge in [0, 0.05) is 13.1 Å². The second-order valence-corrected chi connectivity index (χ2v) is 6.79. The van der Waals surface area contributed by atoms with Crippen LogP contribution in [-0.4, -0.2) is 51.0 Å². The number of carbonyl (C=O) groups excluding carboxylic acids is 2. The number of hydrogen-bond donors (Lipinski definition) is 0. The Hall–Kier alpha value is -2.70. The van der Waals surface area contributed by atoms with Crippen LogP contribution in [0.2, 0.25) is 0 Å². The van der Waals surface area contributed by atoms with E-state index in [0.29, 0.717) is 5.69 Å². The molecule has 3 rings (SSSR count). The first kappa shape index (κ1) is 18.1. The summed E-state index contributed by atoms with van der Waals surface area (Å²) in [6, 6.07) is 5.91. The number of aryl methyl sites for hydroxylation is 3. The fraction of sp³-hybridized carbons (Fsp3) is 0.474. The van der Waals surface area contributed by atoms with E-state index in [2.05, 4.69) is 10.2 Å². The lowest BCUT2D eigenvalue weighted by molar-refractivity contribution is -0.138. The number of carbonyl (C=O) groups is 2. The second kappa shape index (κ2) is 7.27. The highest BCUT2D eigenvalue weighted by Crippen LogP contribution is 2.16. The molecule has 7 heteroatoms. The van der Waals surface area contributed by atoms with E-state index in [4.69, 9.17) is 4.74 Å². The smallest absolute Gasteiger partial charge is 0.361 e. The van der Waals surface area contributed by atoms with Gasteiger partial charge in [0.25, 0.3) is 5.91 Å². The first-order valence-corrected chi connectivity index (χ1v) is 8.88. The van der Waals surface area contributed by atoms with Crippen molar-refractivity contribution in [2.24, 2.45) is 0 Å². The minimum atomic E-state index is -0.828. The molecule has 0 spiro atoms. The number of hydrogen-bond acceptors (Lipinski definition) is 5. The summed E-state index contributed by atoms with van der Waals surface area (Å²) in [5.41, 5.74) is 3.56. The van der Waals surface area contributed by atoms with Gasteiger partial charge in [0.1, 0.15) is 0 Å². The van der Waals surface area contributed by atoms with Gasteiger partial charge < -0.3 is 9.64 Å². The summed E-state index contributed by atoms with van der Waals surface area (Å²) in [6.45, 7) is 8.74. The van der Waals surface area contributed by atoms with Crippen molar-refractivity contribution in [2.45, 2.75) is 46.6 Å². The fourth-order valence-electron chi connectivity index (χ4n) is 3.17. The largest absolute Gasteiger partial charge is 0.448 e. The molecule has 0 radical (unpaired) electrons. The normalized spacial score (nSPS) is 15.2. The first-order valence-electron chi connectivity index (χ1n) is 8.88. The molecular formula is C19H24N4O3. The maximum Gasteiger partial charge on any atom is 0.361 e. The highest BCUT2D eigenvalue weighted by molar-refractivity contribution is 5.91. The van der Waals surface area contributed by atoms with E-state index < -0.39 is 12.1 Å². The Morgan fingerprint density at radius 3 is 2.46 bits per heavy atom. The average molecular weight is 356 g/mol. The topological polar surface area (TPSA) is 77.3 Å². The van der Waals surface area contributed by atoms with E-state index in [1.807, 2.05) is 32.0 Å². The molecule has 0 bridgehead atoms. The molecule has 0 unspecified atom stereocenters. The molecule has 1 aromatic carbocycles. The third kappa shape index (κ3) is 3.61. The first-order chi connectivity index (χ1) is 12.4. The molecule has 2 heterocycles. The van der Waals surface area contributed by atoms with E-state index in [-0.39, 0.29) is 11.6 Å². The molecule has 1 aromatic heterocycles. The Bertz CT molecular complexity index is 837. The van der Waals surface area contributed by atoms with Crippen molar-refractivity contribution in [2.75, 3.05) is 13.1 Å². The zero-order chi connectivity index (χ0) is 18.8. The molecular weight excluding hydrogens is 332 g/mol. The number of likely N-dealkylation sites (tertiary alicyclic amines) is 1. The number of ether oxygens (including phenoxy) is 1.